The van der Waals surface area contributed by atoms with Gasteiger partial charge in [0, 0.05) is 11.9 Å². The van der Waals surface area contributed by atoms with E-state index >= 15 is 0 Å². The molecule has 2 aromatic carbocycles. The Morgan fingerprint density at radius 3 is 2.24 bits per heavy atom. The van der Waals surface area contributed by atoms with E-state index in [1.807, 2.05) is 40.6 Å². The van der Waals surface area contributed by atoms with Crippen molar-refractivity contribution >= 4 is 17.2 Å². The van der Waals surface area contributed by atoms with Crippen LogP contribution in [0.1, 0.15) is 34.9 Å². The molecule has 1 aromatic heterocycles. The first-order valence-electron chi connectivity index (χ1n) is 10.7. The van der Waals surface area contributed by atoms with Gasteiger partial charge in [0.25, 0.3) is 5.91 Å². The molecule has 1 amide bonds. The average Bonchev–Trinajstić information content (AvgIpc) is 3.28. The van der Waals surface area contributed by atoms with Crippen molar-refractivity contribution in [2.45, 2.75) is 27.0 Å². The van der Waals surface area contributed by atoms with Crippen LogP contribution in [0.15, 0.2) is 47.8 Å². The molecule has 0 aliphatic carbocycles. The van der Waals surface area contributed by atoms with E-state index in [0.29, 0.717) is 47.6 Å². The Labute approximate surface area is 198 Å². The first-order valence-corrected chi connectivity index (χ1v) is 11.5. The minimum atomic E-state index is -0.0780. The number of para-hydroxylation sites is 2. The number of hydrogen-bond acceptors (Lipinski definition) is 7. The maximum absolute atomic E-state index is 13.3. The zero-order chi connectivity index (χ0) is 23.8. The minimum Gasteiger partial charge on any atom is -0.496 e. The van der Waals surface area contributed by atoms with Crippen LogP contribution in [0.5, 0.6) is 23.0 Å². The number of ether oxygens (including phenoxy) is 4. The summed E-state index contributed by atoms with van der Waals surface area (Å²) in [5.41, 5.74) is 1.36. The van der Waals surface area contributed by atoms with Crippen molar-refractivity contribution in [1.82, 2.24) is 9.88 Å². The summed E-state index contributed by atoms with van der Waals surface area (Å²) in [7, 11) is 4.75. The van der Waals surface area contributed by atoms with Crippen LogP contribution >= 0.6 is 11.3 Å². The van der Waals surface area contributed by atoms with Crippen LogP contribution in [0, 0.1) is 5.92 Å². The number of aromatic nitrogens is 1. The Morgan fingerprint density at radius 1 is 0.970 bits per heavy atom. The van der Waals surface area contributed by atoms with Crippen LogP contribution in [-0.4, -0.2) is 43.7 Å². The van der Waals surface area contributed by atoms with Crippen molar-refractivity contribution in [3.8, 4) is 23.0 Å². The van der Waals surface area contributed by atoms with Gasteiger partial charge in [-0.05, 0) is 30.2 Å². The molecule has 8 heteroatoms. The van der Waals surface area contributed by atoms with Gasteiger partial charge in [-0.3, -0.25) is 4.79 Å². The third-order valence-electron chi connectivity index (χ3n) is 4.88. The molecule has 3 aromatic rings. The SMILES string of the molecule is COc1ccccc1C(=O)N(Cc1csc(COc2c(OC)cccc2OC)n1)CC(C)C. The first-order chi connectivity index (χ1) is 16.0. The zero-order valence-electron chi connectivity index (χ0n) is 19.7. The van der Waals surface area contributed by atoms with Gasteiger partial charge in [0.05, 0.1) is 39.1 Å². The number of rotatable bonds is 11. The maximum atomic E-state index is 13.3. The highest BCUT2D eigenvalue weighted by Crippen LogP contribution is 2.37. The molecule has 0 saturated heterocycles. The molecule has 33 heavy (non-hydrogen) atoms. The average molecular weight is 471 g/mol. The fourth-order valence-electron chi connectivity index (χ4n) is 3.43. The third kappa shape index (κ3) is 6.16. The lowest BCUT2D eigenvalue weighted by atomic mass is 10.1. The highest BCUT2D eigenvalue weighted by Gasteiger charge is 2.22. The molecule has 0 radical (unpaired) electrons. The monoisotopic (exact) mass is 470 g/mol. The molecule has 0 bridgehead atoms. The highest BCUT2D eigenvalue weighted by atomic mass is 32.1. The molecule has 7 nitrogen and oxygen atoms in total. The second kappa shape index (κ2) is 11.6. The number of thiazole rings is 1. The van der Waals surface area contributed by atoms with Crippen molar-refractivity contribution in [2.75, 3.05) is 27.9 Å². The molecule has 0 aliphatic heterocycles. The van der Waals surface area contributed by atoms with Crippen LogP contribution in [0.4, 0.5) is 0 Å². The van der Waals surface area contributed by atoms with Gasteiger partial charge in [-0.25, -0.2) is 4.98 Å². The van der Waals surface area contributed by atoms with E-state index in [1.165, 1.54) is 11.3 Å². The van der Waals surface area contributed by atoms with Gasteiger partial charge in [-0.1, -0.05) is 32.0 Å². The number of hydrogen-bond donors (Lipinski definition) is 0. The van der Waals surface area contributed by atoms with E-state index in [-0.39, 0.29) is 12.5 Å². The standard InChI is InChI=1S/C25H30N2O5S/c1-17(2)13-27(25(28)19-9-6-7-10-20(19)29-3)14-18-16-33-23(26-18)15-32-24-21(30-4)11-8-12-22(24)31-5/h6-12,16-17H,13-15H2,1-5H3. The van der Waals surface area contributed by atoms with Gasteiger partial charge in [0.1, 0.15) is 17.4 Å². The Balaban J connectivity index is 1.74. The van der Waals surface area contributed by atoms with E-state index < -0.39 is 0 Å². The Hall–Kier alpha value is -3.26. The lowest BCUT2D eigenvalue weighted by Crippen LogP contribution is -2.34. The molecule has 0 unspecified atom stereocenters. The van der Waals surface area contributed by atoms with Crippen LogP contribution in [0.3, 0.4) is 0 Å². The van der Waals surface area contributed by atoms with Gasteiger partial charge in [-0.2, -0.15) is 0 Å². The molecule has 0 saturated carbocycles. The number of nitrogens with zero attached hydrogens (tertiary/aromatic N) is 2. The summed E-state index contributed by atoms with van der Waals surface area (Å²) in [5, 5.41) is 2.76. The van der Waals surface area contributed by atoms with Gasteiger partial charge in [-0.15, -0.1) is 11.3 Å². The summed E-state index contributed by atoms with van der Waals surface area (Å²) in [4.78, 5) is 19.8. The normalized spacial score (nSPS) is 10.7. The number of amides is 1. The second-order valence-corrected chi connectivity index (χ2v) is 8.74. The summed E-state index contributed by atoms with van der Waals surface area (Å²) >= 11 is 1.49. The van der Waals surface area contributed by atoms with E-state index in [1.54, 1.807) is 33.5 Å². The van der Waals surface area contributed by atoms with E-state index in [2.05, 4.69) is 18.8 Å². The van der Waals surface area contributed by atoms with Gasteiger partial charge >= 0.3 is 0 Å². The van der Waals surface area contributed by atoms with Crippen LogP contribution in [0.2, 0.25) is 0 Å². The smallest absolute Gasteiger partial charge is 0.257 e. The largest absolute Gasteiger partial charge is 0.496 e. The molecule has 0 N–H and O–H groups in total. The predicted octanol–water partition coefficient (Wildman–Crippen LogP) is 5.05. The molecular weight excluding hydrogens is 440 g/mol. The van der Waals surface area contributed by atoms with E-state index in [9.17, 15) is 4.79 Å². The van der Waals surface area contributed by atoms with E-state index in [4.69, 9.17) is 18.9 Å². The van der Waals surface area contributed by atoms with Crippen molar-refractivity contribution in [3.63, 3.8) is 0 Å². The highest BCUT2D eigenvalue weighted by molar-refractivity contribution is 7.09. The summed E-state index contributed by atoms with van der Waals surface area (Å²) in [6.07, 6.45) is 0. The third-order valence-corrected chi connectivity index (χ3v) is 5.76. The Morgan fingerprint density at radius 2 is 1.61 bits per heavy atom. The van der Waals surface area contributed by atoms with Crippen molar-refractivity contribution < 1.29 is 23.7 Å². The molecule has 176 valence electrons. The van der Waals surface area contributed by atoms with Crippen LogP contribution < -0.4 is 18.9 Å². The van der Waals surface area contributed by atoms with Crippen LogP contribution in [0.25, 0.3) is 0 Å². The van der Waals surface area contributed by atoms with E-state index in [0.717, 1.165) is 10.7 Å². The molecule has 0 fully saturated rings. The van der Waals surface area contributed by atoms with Crippen LogP contribution in [-0.2, 0) is 13.2 Å². The molecule has 0 aliphatic rings. The Kier molecular flexibility index (Phi) is 8.54. The predicted molar refractivity (Wildman–Crippen MR) is 129 cm³/mol. The lowest BCUT2D eigenvalue weighted by molar-refractivity contribution is 0.0717. The second-order valence-electron chi connectivity index (χ2n) is 7.79. The fourth-order valence-corrected chi connectivity index (χ4v) is 4.12. The fraction of sp³-hybridized carbons (Fsp3) is 0.360. The van der Waals surface area contributed by atoms with Crippen molar-refractivity contribution in [2.24, 2.45) is 5.92 Å². The minimum absolute atomic E-state index is 0.0780. The quantitative estimate of drug-likeness (QED) is 0.391. The van der Waals surface area contributed by atoms with Gasteiger partial charge in [0.15, 0.2) is 11.5 Å². The number of methoxy groups -OCH3 is 3. The molecule has 0 spiro atoms. The lowest BCUT2D eigenvalue weighted by Gasteiger charge is -2.24. The Bertz CT molecular complexity index is 1040. The maximum Gasteiger partial charge on any atom is 0.257 e. The topological polar surface area (TPSA) is 70.1 Å². The summed E-state index contributed by atoms with van der Waals surface area (Å²) in [5.74, 6) is 2.52. The molecule has 1 heterocycles. The van der Waals surface area contributed by atoms with Gasteiger partial charge < -0.3 is 23.8 Å². The number of carbonyl (C=O) groups is 1. The van der Waals surface area contributed by atoms with Crippen molar-refractivity contribution in [3.05, 3.63) is 64.1 Å². The number of benzene rings is 2. The number of carbonyl (C=O) groups excluding carboxylic acids is 1. The first kappa shape index (κ1) is 24.4. The molecule has 0 atom stereocenters. The summed E-state index contributed by atoms with van der Waals surface area (Å²) < 4.78 is 22.1. The zero-order valence-corrected chi connectivity index (χ0v) is 20.5. The van der Waals surface area contributed by atoms with Gasteiger partial charge in [0.2, 0.25) is 5.75 Å². The summed E-state index contributed by atoms with van der Waals surface area (Å²) in [6.45, 7) is 5.46. The molecule has 3 rings (SSSR count). The molecular formula is C25H30N2O5S. The van der Waals surface area contributed by atoms with Crippen molar-refractivity contribution in [1.29, 1.82) is 0 Å². The summed E-state index contributed by atoms with van der Waals surface area (Å²) in [6, 6.07) is 12.8.